The van der Waals surface area contributed by atoms with Gasteiger partial charge in [-0.25, -0.2) is 9.37 Å². The second-order valence-electron chi connectivity index (χ2n) is 3.27. The number of nitrogens with zero attached hydrogens (tertiary/aromatic N) is 2. The zero-order chi connectivity index (χ0) is 12.4. The first-order valence-electron chi connectivity index (χ1n) is 4.62. The van der Waals surface area contributed by atoms with Gasteiger partial charge in [-0.2, -0.15) is 0 Å². The Labute approximate surface area is 101 Å². The number of carbonyl (C=O) groups is 1. The molecule has 7 heteroatoms. The molecule has 0 aliphatic carbocycles. The van der Waals surface area contributed by atoms with Gasteiger partial charge < -0.3 is 9.84 Å². The molecule has 0 aliphatic rings. The molecule has 0 fully saturated rings. The van der Waals surface area contributed by atoms with Gasteiger partial charge in [-0.1, -0.05) is 16.8 Å². The van der Waals surface area contributed by atoms with Gasteiger partial charge >= 0.3 is 0 Å². The SMILES string of the molecule is Cc1cc(NC(=O)c2cc(F)cnc2Cl)no1. The Bertz CT molecular complexity index is 570. The molecule has 0 aliphatic heterocycles. The highest BCUT2D eigenvalue weighted by molar-refractivity contribution is 6.33. The van der Waals surface area contributed by atoms with Crippen LogP contribution in [0, 0.1) is 12.7 Å². The molecule has 0 atom stereocenters. The number of aromatic nitrogens is 2. The quantitative estimate of drug-likeness (QED) is 0.837. The third kappa shape index (κ3) is 2.59. The molecule has 2 rings (SSSR count). The summed E-state index contributed by atoms with van der Waals surface area (Å²) in [6, 6.07) is 2.52. The predicted octanol–water partition coefficient (Wildman–Crippen LogP) is 2.42. The fourth-order valence-electron chi connectivity index (χ4n) is 1.19. The van der Waals surface area contributed by atoms with Gasteiger partial charge in [0.15, 0.2) is 5.82 Å². The first-order valence-corrected chi connectivity index (χ1v) is 5.00. The molecule has 0 spiro atoms. The number of amides is 1. The van der Waals surface area contributed by atoms with Gasteiger partial charge in [-0.15, -0.1) is 0 Å². The maximum absolute atomic E-state index is 12.9. The molecule has 0 saturated carbocycles. The van der Waals surface area contributed by atoms with Gasteiger partial charge in [0.2, 0.25) is 0 Å². The van der Waals surface area contributed by atoms with E-state index in [2.05, 4.69) is 15.5 Å². The van der Waals surface area contributed by atoms with Crippen LogP contribution in [0.4, 0.5) is 10.2 Å². The number of pyridine rings is 1. The summed E-state index contributed by atoms with van der Waals surface area (Å²) >= 11 is 5.68. The van der Waals surface area contributed by atoms with Crippen LogP contribution >= 0.6 is 11.6 Å². The summed E-state index contributed by atoms with van der Waals surface area (Å²) in [4.78, 5) is 15.2. The number of anilines is 1. The molecule has 0 bridgehead atoms. The summed E-state index contributed by atoms with van der Waals surface area (Å²) in [7, 11) is 0. The molecule has 1 N–H and O–H groups in total. The third-order valence-electron chi connectivity index (χ3n) is 1.92. The normalized spacial score (nSPS) is 10.3. The van der Waals surface area contributed by atoms with Crippen molar-refractivity contribution in [2.24, 2.45) is 0 Å². The summed E-state index contributed by atoms with van der Waals surface area (Å²) in [5, 5.41) is 5.90. The van der Waals surface area contributed by atoms with Crippen LogP contribution in [0.25, 0.3) is 0 Å². The monoisotopic (exact) mass is 255 g/mol. The average molecular weight is 256 g/mol. The summed E-state index contributed by atoms with van der Waals surface area (Å²) in [6.07, 6.45) is 0.930. The number of halogens is 2. The van der Waals surface area contributed by atoms with Gasteiger partial charge in [0.1, 0.15) is 16.7 Å². The molecule has 5 nitrogen and oxygen atoms in total. The average Bonchev–Trinajstić information content (AvgIpc) is 2.67. The van der Waals surface area contributed by atoms with E-state index in [1.54, 1.807) is 6.92 Å². The Kier molecular flexibility index (Phi) is 3.06. The van der Waals surface area contributed by atoms with Crippen LogP contribution in [0.1, 0.15) is 16.1 Å². The second-order valence-corrected chi connectivity index (χ2v) is 3.63. The molecular formula is C10H7ClFN3O2. The first-order chi connectivity index (χ1) is 8.06. The van der Waals surface area contributed by atoms with Crippen molar-refractivity contribution in [1.29, 1.82) is 0 Å². The fraction of sp³-hybridized carbons (Fsp3) is 0.100. The molecular weight excluding hydrogens is 249 g/mol. The molecule has 0 saturated heterocycles. The number of hydrogen-bond acceptors (Lipinski definition) is 4. The number of carbonyl (C=O) groups excluding carboxylic acids is 1. The molecule has 0 aromatic carbocycles. The Morgan fingerprint density at radius 1 is 1.53 bits per heavy atom. The summed E-state index contributed by atoms with van der Waals surface area (Å²) in [6.45, 7) is 1.68. The zero-order valence-electron chi connectivity index (χ0n) is 8.70. The van der Waals surface area contributed by atoms with E-state index < -0.39 is 11.7 Å². The molecule has 2 aromatic rings. The fourth-order valence-corrected chi connectivity index (χ4v) is 1.38. The molecule has 17 heavy (non-hydrogen) atoms. The standard InChI is InChI=1S/C10H7ClFN3O2/c1-5-2-8(15-17-5)14-10(16)7-3-6(12)4-13-9(7)11/h2-4H,1H3,(H,14,15,16). The van der Waals surface area contributed by atoms with Gasteiger partial charge in [-0.3, -0.25) is 4.79 Å². The van der Waals surface area contributed by atoms with Crippen LogP contribution in [-0.2, 0) is 0 Å². The van der Waals surface area contributed by atoms with E-state index in [4.69, 9.17) is 16.1 Å². The van der Waals surface area contributed by atoms with Crippen molar-refractivity contribution in [3.8, 4) is 0 Å². The maximum Gasteiger partial charge on any atom is 0.260 e. The van der Waals surface area contributed by atoms with Crippen molar-refractivity contribution < 1.29 is 13.7 Å². The smallest absolute Gasteiger partial charge is 0.260 e. The van der Waals surface area contributed by atoms with E-state index in [0.717, 1.165) is 12.3 Å². The van der Waals surface area contributed by atoms with Gasteiger partial charge in [0.05, 0.1) is 11.8 Å². The molecule has 2 heterocycles. The van der Waals surface area contributed by atoms with Crippen LogP contribution < -0.4 is 5.32 Å². The number of nitrogens with one attached hydrogen (secondary N) is 1. The molecule has 2 aromatic heterocycles. The van der Waals surface area contributed by atoms with Gasteiger partial charge in [0, 0.05) is 6.07 Å². The Morgan fingerprint density at radius 2 is 2.29 bits per heavy atom. The van der Waals surface area contributed by atoms with Gasteiger partial charge in [-0.05, 0) is 13.0 Å². The van der Waals surface area contributed by atoms with E-state index in [9.17, 15) is 9.18 Å². The van der Waals surface area contributed by atoms with E-state index in [1.165, 1.54) is 6.07 Å². The van der Waals surface area contributed by atoms with Crippen LogP contribution in [0.5, 0.6) is 0 Å². The summed E-state index contributed by atoms with van der Waals surface area (Å²) in [5.41, 5.74) is -0.0627. The molecule has 0 radical (unpaired) electrons. The lowest BCUT2D eigenvalue weighted by Crippen LogP contribution is -2.13. The van der Waals surface area contributed by atoms with Crippen LogP contribution in [0.15, 0.2) is 22.9 Å². The van der Waals surface area contributed by atoms with E-state index in [-0.39, 0.29) is 16.5 Å². The minimum absolute atomic E-state index is 0.0627. The lowest BCUT2D eigenvalue weighted by Gasteiger charge is -2.02. The minimum atomic E-state index is -0.643. The number of rotatable bonds is 2. The van der Waals surface area contributed by atoms with Crippen molar-refractivity contribution in [2.45, 2.75) is 6.92 Å². The Morgan fingerprint density at radius 3 is 2.94 bits per heavy atom. The van der Waals surface area contributed by atoms with E-state index in [1.807, 2.05) is 0 Å². The second kappa shape index (κ2) is 4.50. The molecule has 0 unspecified atom stereocenters. The minimum Gasteiger partial charge on any atom is -0.360 e. The summed E-state index contributed by atoms with van der Waals surface area (Å²) in [5.74, 6) is -0.470. The van der Waals surface area contributed by atoms with Crippen molar-refractivity contribution >= 4 is 23.3 Å². The number of hydrogen-bond donors (Lipinski definition) is 1. The topological polar surface area (TPSA) is 68.0 Å². The van der Waals surface area contributed by atoms with Crippen molar-refractivity contribution in [2.75, 3.05) is 5.32 Å². The Balaban J connectivity index is 2.22. The maximum atomic E-state index is 12.9. The van der Waals surface area contributed by atoms with Crippen molar-refractivity contribution in [1.82, 2.24) is 10.1 Å². The zero-order valence-corrected chi connectivity index (χ0v) is 9.45. The number of aryl methyl sites for hydroxylation is 1. The van der Waals surface area contributed by atoms with Crippen LogP contribution in [0.2, 0.25) is 5.15 Å². The Hall–Kier alpha value is -1.95. The highest BCUT2D eigenvalue weighted by Gasteiger charge is 2.14. The summed E-state index contributed by atoms with van der Waals surface area (Å²) < 4.78 is 17.7. The largest absolute Gasteiger partial charge is 0.360 e. The van der Waals surface area contributed by atoms with Crippen LogP contribution in [-0.4, -0.2) is 16.0 Å². The third-order valence-corrected chi connectivity index (χ3v) is 2.22. The van der Waals surface area contributed by atoms with Gasteiger partial charge in [0.25, 0.3) is 5.91 Å². The predicted molar refractivity (Wildman–Crippen MR) is 58.4 cm³/mol. The molecule has 1 amide bonds. The highest BCUT2D eigenvalue weighted by atomic mass is 35.5. The van der Waals surface area contributed by atoms with Crippen molar-refractivity contribution in [3.63, 3.8) is 0 Å². The lowest BCUT2D eigenvalue weighted by molar-refractivity contribution is 0.102. The first kappa shape index (κ1) is 11.5. The van der Waals surface area contributed by atoms with Crippen LogP contribution in [0.3, 0.4) is 0 Å². The van der Waals surface area contributed by atoms with Crippen molar-refractivity contribution in [3.05, 3.63) is 40.6 Å². The lowest BCUT2D eigenvalue weighted by atomic mass is 10.2. The highest BCUT2D eigenvalue weighted by Crippen LogP contribution is 2.16. The van der Waals surface area contributed by atoms with E-state index >= 15 is 0 Å². The van der Waals surface area contributed by atoms with E-state index in [0.29, 0.717) is 5.76 Å². The molecule has 88 valence electrons.